The van der Waals surface area contributed by atoms with Crippen LogP contribution in [0.1, 0.15) is 12.0 Å². The van der Waals surface area contributed by atoms with Gasteiger partial charge in [0.25, 0.3) is 10.9 Å². The summed E-state index contributed by atoms with van der Waals surface area (Å²) in [4.78, 5) is 40.2. The molecule has 1 aromatic rings. The molecule has 0 aliphatic carbocycles. The first-order valence-electron chi connectivity index (χ1n) is 8.68. The monoisotopic (exact) mass is 378 g/mol. The number of hydrogen-bond acceptors (Lipinski definition) is 6. The molecule has 2 fully saturated rings. The summed E-state index contributed by atoms with van der Waals surface area (Å²) in [5.74, 6) is 0.897. The third-order valence-corrected chi connectivity index (χ3v) is 5.58. The molecule has 26 heavy (non-hydrogen) atoms. The van der Waals surface area contributed by atoms with E-state index in [4.69, 9.17) is 0 Å². The summed E-state index contributed by atoms with van der Waals surface area (Å²) >= 11 is 1.31. The molecule has 0 bridgehead atoms. The Labute approximate surface area is 156 Å². The Balaban J connectivity index is 1.43. The summed E-state index contributed by atoms with van der Waals surface area (Å²) in [7, 11) is 0. The lowest BCUT2D eigenvalue weighted by Gasteiger charge is -2.35. The lowest BCUT2D eigenvalue weighted by Crippen LogP contribution is -2.48. The highest BCUT2D eigenvalue weighted by atomic mass is 32.2. The van der Waals surface area contributed by atoms with E-state index in [-0.39, 0.29) is 21.8 Å². The highest BCUT2D eigenvalue weighted by molar-refractivity contribution is 8.13. The molecule has 0 N–H and O–H groups in total. The van der Waals surface area contributed by atoms with E-state index in [9.17, 15) is 19.7 Å². The van der Waals surface area contributed by atoms with Crippen molar-refractivity contribution in [3.63, 3.8) is 0 Å². The summed E-state index contributed by atoms with van der Waals surface area (Å²) in [6.45, 7) is 4.66. The number of carbonyl (C=O) groups is 2. The van der Waals surface area contributed by atoms with Crippen LogP contribution >= 0.6 is 11.8 Å². The van der Waals surface area contributed by atoms with E-state index in [1.165, 1.54) is 17.8 Å². The standard InChI is InChI=1S/C17H22N4O4S/c22-16(4-5-20-10-11-26-17(20)23)19-8-6-18(7-9-19)13-14-2-1-3-15(12-14)21(24)25/h1-3,12H,4-11,13H2. The fourth-order valence-electron chi connectivity index (χ4n) is 3.20. The zero-order chi connectivity index (χ0) is 18.5. The zero-order valence-electron chi connectivity index (χ0n) is 14.5. The van der Waals surface area contributed by atoms with E-state index < -0.39 is 0 Å². The van der Waals surface area contributed by atoms with E-state index in [0.717, 1.165) is 31.0 Å². The van der Waals surface area contributed by atoms with Gasteiger partial charge in [-0.3, -0.25) is 24.6 Å². The SMILES string of the molecule is O=C(CCN1CCSC1=O)N1CCN(Cc2cccc([N+](=O)[O-])c2)CC1. The Hall–Kier alpha value is -2.13. The highest BCUT2D eigenvalue weighted by Gasteiger charge is 2.25. The van der Waals surface area contributed by atoms with Gasteiger partial charge < -0.3 is 9.80 Å². The molecule has 2 saturated heterocycles. The van der Waals surface area contributed by atoms with E-state index in [1.54, 1.807) is 17.0 Å². The van der Waals surface area contributed by atoms with Gasteiger partial charge in [-0.15, -0.1) is 0 Å². The van der Waals surface area contributed by atoms with Crippen LogP contribution in [0.25, 0.3) is 0 Å². The minimum absolute atomic E-state index is 0.0690. The average molecular weight is 378 g/mol. The Kier molecular flexibility index (Phi) is 6.10. The second-order valence-electron chi connectivity index (χ2n) is 6.44. The third kappa shape index (κ3) is 4.73. The number of nitrogens with zero attached hydrogens (tertiary/aromatic N) is 4. The second kappa shape index (κ2) is 8.50. The fourth-order valence-corrected chi connectivity index (χ4v) is 4.05. The number of piperazine rings is 1. The molecule has 0 unspecified atom stereocenters. The molecule has 0 atom stereocenters. The van der Waals surface area contributed by atoms with Crippen LogP contribution in [-0.2, 0) is 11.3 Å². The number of nitro benzene ring substituents is 1. The quantitative estimate of drug-likeness (QED) is 0.554. The van der Waals surface area contributed by atoms with Gasteiger partial charge >= 0.3 is 0 Å². The predicted octanol–water partition coefficient (Wildman–Crippen LogP) is 1.80. The lowest BCUT2D eigenvalue weighted by molar-refractivity contribution is -0.384. The Morgan fingerprint density at radius 3 is 2.62 bits per heavy atom. The number of non-ortho nitro benzene ring substituents is 1. The number of benzene rings is 1. The second-order valence-corrected chi connectivity index (χ2v) is 7.48. The molecule has 8 nitrogen and oxygen atoms in total. The molecule has 3 rings (SSSR count). The van der Waals surface area contributed by atoms with Crippen molar-refractivity contribution < 1.29 is 14.5 Å². The first kappa shape index (κ1) is 18.7. The van der Waals surface area contributed by atoms with Crippen molar-refractivity contribution >= 4 is 28.6 Å². The first-order chi connectivity index (χ1) is 12.5. The molecular weight excluding hydrogens is 356 g/mol. The number of thioether (sulfide) groups is 1. The molecule has 9 heteroatoms. The van der Waals surface area contributed by atoms with Crippen molar-refractivity contribution in [2.75, 3.05) is 45.0 Å². The third-order valence-electron chi connectivity index (χ3n) is 4.69. The van der Waals surface area contributed by atoms with Crippen molar-refractivity contribution in [3.8, 4) is 0 Å². The smallest absolute Gasteiger partial charge is 0.281 e. The van der Waals surface area contributed by atoms with Crippen molar-refractivity contribution in [3.05, 3.63) is 39.9 Å². The van der Waals surface area contributed by atoms with Gasteiger partial charge in [-0.1, -0.05) is 23.9 Å². The maximum Gasteiger partial charge on any atom is 0.281 e. The maximum absolute atomic E-state index is 12.3. The molecule has 2 amide bonds. The molecule has 2 aliphatic heterocycles. The van der Waals surface area contributed by atoms with Gasteiger partial charge in [0.1, 0.15) is 0 Å². The summed E-state index contributed by atoms with van der Waals surface area (Å²) in [6.07, 6.45) is 0.372. The van der Waals surface area contributed by atoms with Crippen molar-refractivity contribution in [2.45, 2.75) is 13.0 Å². The number of hydrogen-bond donors (Lipinski definition) is 0. The van der Waals surface area contributed by atoms with Gasteiger partial charge in [-0.2, -0.15) is 0 Å². The van der Waals surface area contributed by atoms with Crippen LogP contribution in [0.5, 0.6) is 0 Å². The molecular formula is C17H22N4O4S. The molecule has 0 aromatic heterocycles. The molecule has 0 radical (unpaired) electrons. The summed E-state index contributed by atoms with van der Waals surface area (Å²) in [6, 6.07) is 6.67. The van der Waals surface area contributed by atoms with Gasteiger partial charge in [-0.25, -0.2) is 0 Å². The fraction of sp³-hybridized carbons (Fsp3) is 0.529. The van der Waals surface area contributed by atoms with Gasteiger partial charge in [0.05, 0.1) is 4.92 Å². The maximum atomic E-state index is 12.3. The summed E-state index contributed by atoms with van der Waals surface area (Å²) in [5, 5.41) is 10.9. The number of carbonyl (C=O) groups excluding carboxylic acids is 2. The number of nitro groups is 1. The largest absolute Gasteiger partial charge is 0.340 e. The van der Waals surface area contributed by atoms with Crippen molar-refractivity contribution in [1.29, 1.82) is 0 Å². The van der Waals surface area contributed by atoms with Crippen LogP contribution < -0.4 is 0 Å². The van der Waals surface area contributed by atoms with Crippen LogP contribution in [0.2, 0.25) is 0 Å². The summed E-state index contributed by atoms with van der Waals surface area (Å²) in [5.41, 5.74) is 1.01. The van der Waals surface area contributed by atoms with E-state index in [1.807, 2.05) is 11.0 Å². The van der Waals surface area contributed by atoms with Gasteiger partial charge in [-0.05, 0) is 5.56 Å². The minimum Gasteiger partial charge on any atom is -0.340 e. The Morgan fingerprint density at radius 2 is 1.96 bits per heavy atom. The molecule has 2 aliphatic rings. The van der Waals surface area contributed by atoms with Crippen LogP contribution in [0.4, 0.5) is 10.5 Å². The van der Waals surface area contributed by atoms with Crippen LogP contribution in [0, 0.1) is 10.1 Å². The topological polar surface area (TPSA) is 87.0 Å². The Bertz CT molecular complexity index is 691. The summed E-state index contributed by atoms with van der Waals surface area (Å²) < 4.78 is 0. The van der Waals surface area contributed by atoms with Crippen LogP contribution in [-0.4, -0.2) is 75.8 Å². The van der Waals surface area contributed by atoms with Gasteiger partial charge in [0.15, 0.2) is 0 Å². The van der Waals surface area contributed by atoms with Crippen molar-refractivity contribution in [1.82, 2.24) is 14.7 Å². The van der Waals surface area contributed by atoms with E-state index >= 15 is 0 Å². The highest BCUT2D eigenvalue weighted by Crippen LogP contribution is 2.18. The van der Waals surface area contributed by atoms with Crippen LogP contribution in [0.3, 0.4) is 0 Å². The number of amides is 2. The van der Waals surface area contributed by atoms with Crippen LogP contribution in [0.15, 0.2) is 24.3 Å². The molecule has 0 saturated carbocycles. The first-order valence-corrected chi connectivity index (χ1v) is 9.66. The minimum atomic E-state index is -0.385. The van der Waals surface area contributed by atoms with E-state index in [0.29, 0.717) is 32.6 Å². The Morgan fingerprint density at radius 1 is 1.19 bits per heavy atom. The average Bonchev–Trinajstić information content (AvgIpc) is 3.05. The van der Waals surface area contributed by atoms with Gasteiger partial charge in [0, 0.05) is 70.1 Å². The molecule has 1 aromatic carbocycles. The van der Waals surface area contributed by atoms with Crippen molar-refractivity contribution in [2.24, 2.45) is 0 Å². The molecule has 140 valence electrons. The normalized spacial score (nSPS) is 18.4. The van der Waals surface area contributed by atoms with Gasteiger partial charge in [0.2, 0.25) is 5.91 Å². The lowest BCUT2D eigenvalue weighted by atomic mass is 10.1. The predicted molar refractivity (Wildman–Crippen MR) is 99.0 cm³/mol. The molecule has 0 spiro atoms. The zero-order valence-corrected chi connectivity index (χ0v) is 15.3. The van der Waals surface area contributed by atoms with E-state index in [2.05, 4.69) is 4.90 Å². The number of rotatable bonds is 6. The molecule has 2 heterocycles.